The third-order valence-corrected chi connectivity index (χ3v) is 3.75. The van der Waals surface area contributed by atoms with E-state index in [0.29, 0.717) is 24.6 Å². The van der Waals surface area contributed by atoms with Crippen LogP contribution in [0.2, 0.25) is 0 Å². The predicted molar refractivity (Wildman–Crippen MR) is 92.4 cm³/mol. The molecule has 130 valence electrons. The van der Waals surface area contributed by atoms with Crippen LogP contribution in [0.3, 0.4) is 0 Å². The molecule has 0 aliphatic carbocycles. The van der Waals surface area contributed by atoms with Crippen molar-refractivity contribution in [3.63, 3.8) is 0 Å². The van der Waals surface area contributed by atoms with Gasteiger partial charge in [-0.1, -0.05) is 12.1 Å². The molecular formula is C19H19NO5. The van der Waals surface area contributed by atoms with Crippen molar-refractivity contribution < 1.29 is 23.8 Å². The van der Waals surface area contributed by atoms with E-state index in [-0.39, 0.29) is 5.56 Å². The van der Waals surface area contributed by atoms with E-state index < -0.39 is 12.3 Å². The minimum Gasteiger partial charge on any atom is -0.478 e. The fourth-order valence-corrected chi connectivity index (χ4v) is 2.61. The summed E-state index contributed by atoms with van der Waals surface area (Å²) in [6.07, 6.45) is 2.85. The Kier molecular flexibility index (Phi) is 5.11. The van der Waals surface area contributed by atoms with Crippen LogP contribution in [0.5, 0.6) is 0 Å². The molecule has 0 saturated carbocycles. The van der Waals surface area contributed by atoms with E-state index in [1.165, 1.54) is 0 Å². The fourth-order valence-electron chi connectivity index (χ4n) is 2.61. The lowest BCUT2D eigenvalue weighted by Gasteiger charge is -2.13. The summed E-state index contributed by atoms with van der Waals surface area (Å²) < 4.78 is 17.2. The van der Waals surface area contributed by atoms with Gasteiger partial charge in [0.1, 0.15) is 5.58 Å². The first-order chi connectivity index (χ1) is 12.1. The Hall–Kier alpha value is -2.70. The van der Waals surface area contributed by atoms with Crippen molar-refractivity contribution in [1.82, 2.24) is 4.98 Å². The van der Waals surface area contributed by atoms with Gasteiger partial charge in [-0.3, -0.25) is 4.98 Å². The summed E-state index contributed by atoms with van der Waals surface area (Å²) in [4.78, 5) is 15.3. The molecule has 6 heteroatoms. The van der Waals surface area contributed by atoms with Crippen LogP contribution in [0, 0.1) is 0 Å². The maximum atomic E-state index is 11.0. The minimum atomic E-state index is -0.959. The molecule has 6 nitrogen and oxygen atoms in total. The van der Waals surface area contributed by atoms with E-state index in [1.54, 1.807) is 36.7 Å². The lowest BCUT2D eigenvalue weighted by molar-refractivity contribution is -0.150. The summed E-state index contributed by atoms with van der Waals surface area (Å²) in [6.45, 7) is 4.80. The van der Waals surface area contributed by atoms with Gasteiger partial charge in [0.15, 0.2) is 5.76 Å². The molecule has 2 heterocycles. The smallest absolute Gasteiger partial charge is 0.335 e. The lowest BCUT2D eigenvalue weighted by atomic mass is 10.0. The third kappa shape index (κ3) is 3.55. The highest BCUT2D eigenvalue weighted by Crippen LogP contribution is 2.33. The minimum absolute atomic E-state index is 0.233. The van der Waals surface area contributed by atoms with Crippen molar-refractivity contribution in [2.75, 3.05) is 13.2 Å². The molecule has 0 aliphatic rings. The normalized spacial score (nSPS) is 11.3. The number of ether oxygens (including phenoxy) is 2. The summed E-state index contributed by atoms with van der Waals surface area (Å²) in [5, 5.41) is 9.86. The Labute approximate surface area is 145 Å². The maximum Gasteiger partial charge on any atom is 0.335 e. The number of hydrogen-bond acceptors (Lipinski definition) is 5. The average molecular weight is 341 g/mol. The number of fused-ring (bicyclic) bond motifs is 1. The zero-order valence-electron chi connectivity index (χ0n) is 14.1. The molecule has 0 fully saturated rings. The van der Waals surface area contributed by atoms with E-state index in [0.717, 1.165) is 16.5 Å². The van der Waals surface area contributed by atoms with Crippen molar-refractivity contribution in [2.24, 2.45) is 0 Å². The largest absolute Gasteiger partial charge is 0.478 e. The Balaban J connectivity index is 2.03. The van der Waals surface area contributed by atoms with Gasteiger partial charge in [0.25, 0.3) is 0 Å². The van der Waals surface area contributed by atoms with Crippen molar-refractivity contribution in [3.05, 3.63) is 54.0 Å². The molecule has 0 saturated heterocycles. The van der Waals surface area contributed by atoms with Crippen molar-refractivity contribution >= 4 is 16.9 Å². The van der Waals surface area contributed by atoms with E-state index in [4.69, 9.17) is 19.0 Å². The van der Waals surface area contributed by atoms with Gasteiger partial charge in [0.2, 0.25) is 6.29 Å². The average Bonchev–Trinajstić information content (AvgIpc) is 3.05. The van der Waals surface area contributed by atoms with Gasteiger partial charge in [0, 0.05) is 36.6 Å². The molecule has 0 amide bonds. The number of aromatic nitrogens is 1. The summed E-state index contributed by atoms with van der Waals surface area (Å²) >= 11 is 0. The van der Waals surface area contributed by atoms with Crippen LogP contribution >= 0.6 is 0 Å². The third-order valence-electron chi connectivity index (χ3n) is 3.75. The molecule has 1 aromatic carbocycles. The standard InChI is InChI=1S/C19H19NO5/c1-3-23-19(24-4-2)16-9-14-10-20-11-15(17(14)25-16)12-5-7-13(8-6-12)18(21)22/h5-11,19H,3-4H2,1-2H3,(H,21,22). The first kappa shape index (κ1) is 17.1. The number of furan rings is 1. The second-order valence-electron chi connectivity index (χ2n) is 5.38. The van der Waals surface area contributed by atoms with Crippen molar-refractivity contribution in [1.29, 1.82) is 0 Å². The molecule has 2 aromatic heterocycles. The molecular weight excluding hydrogens is 322 g/mol. The highest BCUT2D eigenvalue weighted by Gasteiger charge is 2.19. The van der Waals surface area contributed by atoms with Gasteiger partial charge in [-0.25, -0.2) is 4.79 Å². The summed E-state index contributed by atoms with van der Waals surface area (Å²) in [6, 6.07) is 8.45. The van der Waals surface area contributed by atoms with Crippen LogP contribution in [-0.4, -0.2) is 29.3 Å². The van der Waals surface area contributed by atoms with Crippen LogP contribution in [0.1, 0.15) is 36.3 Å². The van der Waals surface area contributed by atoms with E-state index in [1.807, 2.05) is 19.9 Å². The molecule has 1 N–H and O–H groups in total. The molecule has 0 radical (unpaired) electrons. The van der Waals surface area contributed by atoms with E-state index >= 15 is 0 Å². The number of nitrogens with zero attached hydrogens (tertiary/aromatic N) is 1. The lowest BCUT2D eigenvalue weighted by Crippen LogP contribution is -2.07. The number of carboxylic acid groups (broad SMARTS) is 1. The Morgan fingerprint density at radius 1 is 1.16 bits per heavy atom. The number of pyridine rings is 1. The highest BCUT2D eigenvalue weighted by molar-refractivity contribution is 5.93. The van der Waals surface area contributed by atoms with Crippen molar-refractivity contribution in [2.45, 2.75) is 20.1 Å². The van der Waals surface area contributed by atoms with Crippen LogP contribution in [-0.2, 0) is 9.47 Å². The molecule has 25 heavy (non-hydrogen) atoms. The zero-order chi connectivity index (χ0) is 17.8. The number of hydrogen-bond donors (Lipinski definition) is 1. The molecule has 0 aliphatic heterocycles. The van der Waals surface area contributed by atoms with E-state index in [2.05, 4.69) is 4.98 Å². The molecule has 3 aromatic rings. The Morgan fingerprint density at radius 2 is 1.84 bits per heavy atom. The fraction of sp³-hybridized carbons (Fsp3) is 0.263. The molecule has 0 atom stereocenters. The molecule has 0 spiro atoms. The second-order valence-corrected chi connectivity index (χ2v) is 5.38. The van der Waals surface area contributed by atoms with Gasteiger partial charge in [-0.15, -0.1) is 0 Å². The number of benzene rings is 1. The number of aromatic carboxylic acids is 1. The summed E-state index contributed by atoms with van der Waals surface area (Å²) in [5.41, 5.74) is 2.51. The summed E-state index contributed by atoms with van der Waals surface area (Å²) in [7, 11) is 0. The monoisotopic (exact) mass is 341 g/mol. The predicted octanol–water partition coefficient (Wildman–Crippen LogP) is 4.26. The SMILES string of the molecule is CCOC(OCC)c1cc2cncc(-c3ccc(C(=O)O)cc3)c2o1. The topological polar surface area (TPSA) is 81.8 Å². The van der Waals surface area contributed by atoms with Gasteiger partial charge in [-0.2, -0.15) is 0 Å². The van der Waals surface area contributed by atoms with E-state index in [9.17, 15) is 4.79 Å². The van der Waals surface area contributed by atoms with Gasteiger partial charge in [-0.05, 0) is 37.6 Å². The first-order valence-electron chi connectivity index (χ1n) is 8.08. The van der Waals surface area contributed by atoms with Crippen molar-refractivity contribution in [3.8, 4) is 11.1 Å². The van der Waals surface area contributed by atoms with Gasteiger partial charge < -0.3 is 19.0 Å². The summed E-state index contributed by atoms with van der Waals surface area (Å²) in [5.74, 6) is -0.380. The second kappa shape index (κ2) is 7.46. The van der Waals surface area contributed by atoms with Crippen LogP contribution < -0.4 is 0 Å². The van der Waals surface area contributed by atoms with Gasteiger partial charge in [0.05, 0.1) is 5.56 Å². The number of carbonyl (C=O) groups is 1. The molecule has 3 rings (SSSR count). The first-order valence-corrected chi connectivity index (χ1v) is 8.08. The Morgan fingerprint density at radius 3 is 2.44 bits per heavy atom. The highest BCUT2D eigenvalue weighted by atomic mass is 16.7. The maximum absolute atomic E-state index is 11.0. The van der Waals surface area contributed by atoms with Crippen LogP contribution in [0.4, 0.5) is 0 Å². The molecule has 0 unspecified atom stereocenters. The molecule has 0 bridgehead atoms. The van der Waals surface area contributed by atoms with Gasteiger partial charge >= 0.3 is 5.97 Å². The quantitative estimate of drug-likeness (QED) is 0.647. The number of carboxylic acids is 1. The Bertz CT molecular complexity index is 863. The zero-order valence-corrected chi connectivity index (χ0v) is 14.1. The van der Waals surface area contributed by atoms with Crippen LogP contribution in [0.15, 0.2) is 47.1 Å². The van der Waals surface area contributed by atoms with Crippen LogP contribution in [0.25, 0.3) is 22.1 Å². The number of rotatable bonds is 7.